The summed E-state index contributed by atoms with van der Waals surface area (Å²) in [6.07, 6.45) is 0.952. The Morgan fingerprint density at radius 1 is 1.15 bits per heavy atom. The van der Waals surface area contributed by atoms with Crippen molar-refractivity contribution in [2.75, 3.05) is 13.1 Å². The smallest absolute Gasteiger partial charge is 0.256 e. The largest absolute Gasteiger partial charge is 0.378 e. The van der Waals surface area contributed by atoms with Gasteiger partial charge in [-0.1, -0.05) is 55.5 Å². The number of rotatable bonds is 3. The molecule has 1 saturated heterocycles. The first-order valence-corrected chi connectivity index (χ1v) is 9.55. The molecule has 138 valence electrons. The predicted molar refractivity (Wildman–Crippen MR) is 107 cm³/mol. The van der Waals surface area contributed by atoms with Gasteiger partial charge >= 0.3 is 0 Å². The van der Waals surface area contributed by atoms with Gasteiger partial charge in [0.15, 0.2) is 6.10 Å². The van der Waals surface area contributed by atoms with Gasteiger partial charge in [-0.15, -0.1) is 0 Å². The number of amides is 1. The van der Waals surface area contributed by atoms with Crippen molar-refractivity contribution in [1.29, 1.82) is 0 Å². The number of nitrogens with zero attached hydrogens (tertiary/aromatic N) is 2. The van der Waals surface area contributed by atoms with Gasteiger partial charge in [0.05, 0.1) is 11.2 Å². The fourth-order valence-corrected chi connectivity index (χ4v) is 3.88. The molecule has 1 aliphatic heterocycles. The van der Waals surface area contributed by atoms with Crippen molar-refractivity contribution in [2.24, 2.45) is 5.92 Å². The summed E-state index contributed by atoms with van der Waals surface area (Å²) >= 11 is 0. The van der Waals surface area contributed by atoms with E-state index in [1.807, 2.05) is 60.7 Å². The van der Waals surface area contributed by atoms with E-state index in [4.69, 9.17) is 4.98 Å². The number of carbonyl (C=O) groups is 1. The molecule has 2 unspecified atom stereocenters. The monoisotopic (exact) mass is 360 g/mol. The molecule has 1 fully saturated rings. The Balaban J connectivity index is 1.76. The fraction of sp³-hybridized carbons (Fsp3) is 0.304. The van der Waals surface area contributed by atoms with Crippen LogP contribution in [0.3, 0.4) is 0 Å². The Morgan fingerprint density at radius 3 is 2.67 bits per heavy atom. The summed E-state index contributed by atoms with van der Waals surface area (Å²) < 4.78 is 0. The Hall–Kier alpha value is -2.72. The van der Waals surface area contributed by atoms with Crippen LogP contribution in [0.2, 0.25) is 0 Å². The number of pyridine rings is 1. The van der Waals surface area contributed by atoms with E-state index in [1.165, 1.54) is 0 Å². The summed E-state index contributed by atoms with van der Waals surface area (Å²) in [4.78, 5) is 19.5. The van der Waals surface area contributed by atoms with Crippen molar-refractivity contribution in [3.63, 3.8) is 0 Å². The molecule has 2 aromatic carbocycles. The molecular formula is C23H24N2O2. The zero-order valence-electron chi connectivity index (χ0n) is 15.5. The Morgan fingerprint density at radius 2 is 1.89 bits per heavy atom. The number of para-hydroxylation sites is 1. The lowest BCUT2D eigenvalue weighted by atomic mass is 9.97. The van der Waals surface area contributed by atoms with Gasteiger partial charge in [-0.05, 0) is 30.9 Å². The number of fused-ring (bicyclic) bond motifs is 1. The number of likely N-dealkylation sites (tertiary alicyclic amines) is 1. The number of hydrogen-bond acceptors (Lipinski definition) is 3. The van der Waals surface area contributed by atoms with Crippen LogP contribution in [0.5, 0.6) is 0 Å². The molecule has 2 heterocycles. The average Bonchev–Trinajstić information content (AvgIpc) is 2.72. The minimum absolute atomic E-state index is 0.211. The molecule has 27 heavy (non-hydrogen) atoms. The summed E-state index contributed by atoms with van der Waals surface area (Å²) in [5.74, 6) is 0.265. The summed E-state index contributed by atoms with van der Waals surface area (Å²) in [5.41, 5.74) is 3.15. The molecular weight excluding hydrogens is 336 g/mol. The number of piperidine rings is 1. The molecule has 0 spiro atoms. The van der Waals surface area contributed by atoms with E-state index in [0.717, 1.165) is 41.5 Å². The average molecular weight is 360 g/mol. The van der Waals surface area contributed by atoms with Crippen molar-refractivity contribution in [3.05, 3.63) is 66.2 Å². The van der Waals surface area contributed by atoms with Crippen molar-refractivity contribution < 1.29 is 9.90 Å². The maximum atomic E-state index is 13.0. The molecule has 2 atom stereocenters. The van der Waals surface area contributed by atoms with Crippen molar-refractivity contribution in [2.45, 2.75) is 25.9 Å². The highest BCUT2D eigenvalue weighted by molar-refractivity contribution is 5.92. The molecule has 4 heteroatoms. The molecule has 0 radical (unpaired) electrons. The molecule has 3 aromatic rings. The maximum Gasteiger partial charge on any atom is 0.256 e. The van der Waals surface area contributed by atoms with Gasteiger partial charge in [-0.2, -0.15) is 0 Å². The third-order valence-corrected chi connectivity index (χ3v) is 5.31. The first kappa shape index (κ1) is 17.7. The molecule has 4 nitrogen and oxygen atoms in total. The van der Waals surface area contributed by atoms with Crippen LogP contribution in [-0.2, 0) is 4.79 Å². The first-order valence-electron chi connectivity index (χ1n) is 9.55. The van der Waals surface area contributed by atoms with Crippen LogP contribution in [0, 0.1) is 5.92 Å². The lowest BCUT2D eigenvalue weighted by Gasteiger charge is -2.32. The van der Waals surface area contributed by atoms with Gasteiger partial charge in [-0.3, -0.25) is 4.79 Å². The standard InChI is InChI=1S/C23H24N2O2/c1-16-8-7-13-25(15-16)23(27)22(26)19-14-21(17-9-3-2-4-10-17)24-20-12-6-5-11-18(19)20/h2-6,9-12,14,16,22,26H,7-8,13,15H2,1H3. The van der Waals surface area contributed by atoms with Gasteiger partial charge in [0.25, 0.3) is 5.91 Å². The summed E-state index contributed by atoms with van der Waals surface area (Å²) in [7, 11) is 0. The summed E-state index contributed by atoms with van der Waals surface area (Å²) in [6, 6.07) is 19.4. The SMILES string of the molecule is CC1CCCN(C(=O)C(O)c2cc(-c3ccccc3)nc3ccccc23)C1. The Kier molecular flexibility index (Phi) is 4.90. The highest BCUT2D eigenvalue weighted by Crippen LogP contribution is 2.30. The van der Waals surface area contributed by atoms with E-state index in [1.54, 1.807) is 4.90 Å². The van der Waals surface area contributed by atoms with Crippen molar-refractivity contribution in [3.8, 4) is 11.3 Å². The van der Waals surface area contributed by atoms with Gasteiger partial charge in [-0.25, -0.2) is 4.98 Å². The minimum atomic E-state index is -1.18. The highest BCUT2D eigenvalue weighted by Gasteiger charge is 2.28. The Labute approximate surface area is 159 Å². The van der Waals surface area contributed by atoms with Gasteiger partial charge < -0.3 is 10.0 Å². The number of aromatic nitrogens is 1. The van der Waals surface area contributed by atoms with Crippen LogP contribution in [0.25, 0.3) is 22.2 Å². The van der Waals surface area contributed by atoms with E-state index in [2.05, 4.69) is 6.92 Å². The molecule has 4 rings (SSSR count). The lowest BCUT2D eigenvalue weighted by Crippen LogP contribution is -2.41. The predicted octanol–water partition coefficient (Wildman–Crippen LogP) is 4.19. The summed E-state index contributed by atoms with van der Waals surface area (Å²) in [5, 5.41) is 11.8. The van der Waals surface area contributed by atoms with Gasteiger partial charge in [0.2, 0.25) is 0 Å². The fourth-order valence-electron chi connectivity index (χ4n) is 3.88. The second-order valence-corrected chi connectivity index (χ2v) is 7.41. The normalized spacial score (nSPS) is 18.4. The third kappa shape index (κ3) is 3.58. The van der Waals surface area contributed by atoms with Crippen LogP contribution in [0.15, 0.2) is 60.7 Å². The molecule has 1 aliphatic rings. The van der Waals surface area contributed by atoms with Crippen molar-refractivity contribution in [1.82, 2.24) is 9.88 Å². The topological polar surface area (TPSA) is 53.4 Å². The number of carbonyl (C=O) groups excluding carboxylic acids is 1. The third-order valence-electron chi connectivity index (χ3n) is 5.31. The zero-order valence-corrected chi connectivity index (χ0v) is 15.5. The van der Waals surface area contributed by atoms with Crippen LogP contribution in [0.1, 0.15) is 31.4 Å². The maximum absolute atomic E-state index is 13.0. The minimum Gasteiger partial charge on any atom is -0.378 e. The van der Waals surface area contributed by atoms with E-state index >= 15 is 0 Å². The molecule has 0 aliphatic carbocycles. The molecule has 0 saturated carbocycles. The summed E-state index contributed by atoms with van der Waals surface area (Å²) in [6.45, 7) is 3.58. The number of aliphatic hydroxyl groups excluding tert-OH is 1. The number of aliphatic hydroxyl groups is 1. The van der Waals surface area contributed by atoms with Crippen LogP contribution < -0.4 is 0 Å². The number of hydrogen-bond donors (Lipinski definition) is 1. The second-order valence-electron chi connectivity index (χ2n) is 7.41. The number of benzene rings is 2. The van der Waals surface area contributed by atoms with E-state index in [-0.39, 0.29) is 5.91 Å². The van der Waals surface area contributed by atoms with Gasteiger partial charge in [0.1, 0.15) is 0 Å². The van der Waals surface area contributed by atoms with E-state index in [0.29, 0.717) is 18.0 Å². The van der Waals surface area contributed by atoms with Crippen LogP contribution in [-0.4, -0.2) is 34.0 Å². The van der Waals surface area contributed by atoms with Crippen LogP contribution >= 0.6 is 0 Å². The molecule has 1 amide bonds. The molecule has 1 N–H and O–H groups in total. The zero-order chi connectivity index (χ0) is 18.8. The Bertz CT molecular complexity index is 955. The first-order chi connectivity index (χ1) is 13.1. The van der Waals surface area contributed by atoms with E-state index in [9.17, 15) is 9.90 Å². The molecule has 0 bridgehead atoms. The quantitative estimate of drug-likeness (QED) is 0.762. The van der Waals surface area contributed by atoms with Crippen molar-refractivity contribution >= 4 is 16.8 Å². The van der Waals surface area contributed by atoms with Crippen LogP contribution in [0.4, 0.5) is 0 Å². The lowest BCUT2D eigenvalue weighted by molar-refractivity contribution is -0.142. The highest BCUT2D eigenvalue weighted by atomic mass is 16.3. The molecule has 1 aromatic heterocycles. The second kappa shape index (κ2) is 7.49. The van der Waals surface area contributed by atoms with Gasteiger partial charge in [0, 0.05) is 29.6 Å². The van der Waals surface area contributed by atoms with E-state index < -0.39 is 6.10 Å².